The van der Waals surface area contributed by atoms with Crippen molar-refractivity contribution in [1.29, 1.82) is 0 Å². The smallest absolute Gasteiger partial charge is 0.357 e. The molecule has 0 radical (unpaired) electrons. The fourth-order valence-corrected chi connectivity index (χ4v) is 5.54. The van der Waals surface area contributed by atoms with Gasteiger partial charge in [-0.3, -0.25) is 0 Å². The third kappa shape index (κ3) is 6.11. The average molecular weight is 444 g/mol. The van der Waals surface area contributed by atoms with E-state index < -0.39 is 5.97 Å². The molecule has 0 N–H and O–H groups in total. The number of ether oxygens (including phenoxy) is 2. The summed E-state index contributed by atoms with van der Waals surface area (Å²) in [6.07, 6.45) is 7.67. The monoisotopic (exact) mass is 443 g/mol. The van der Waals surface area contributed by atoms with Crippen molar-refractivity contribution in [3.63, 3.8) is 0 Å². The molecule has 5 heteroatoms. The highest BCUT2D eigenvalue weighted by Crippen LogP contribution is 2.37. The SMILES string of the molecule is CC(C)[C@H]1CC[C@H](C)C[C@H]1OC(=O)c1ccc(C(=O)O[C@@H]2C[C@H](C)CC[C@@H]2C(C)C)nc1. The van der Waals surface area contributed by atoms with E-state index in [0.29, 0.717) is 41.1 Å². The van der Waals surface area contributed by atoms with Crippen molar-refractivity contribution in [3.8, 4) is 0 Å². The topological polar surface area (TPSA) is 65.5 Å². The van der Waals surface area contributed by atoms with Gasteiger partial charge in [-0.25, -0.2) is 14.6 Å². The van der Waals surface area contributed by atoms with Crippen molar-refractivity contribution in [3.05, 3.63) is 29.6 Å². The summed E-state index contributed by atoms with van der Waals surface area (Å²) in [4.78, 5) is 29.7. The van der Waals surface area contributed by atoms with Crippen molar-refractivity contribution in [1.82, 2.24) is 4.98 Å². The van der Waals surface area contributed by atoms with Crippen LogP contribution >= 0.6 is 0 Å². The Labute approximate surface area is 193 Å². The Balaban J connectivity index is 1.62. The molecule has 0 saturated heterocycles. The largest absolute Gasteiger partial charge is 0.458 e. The van der Waals surface area contributed by atoms with E-state index in [1.807, 2.05) is 0 Å². The van der Waals surface area contributed by atoms with Crippen LogP contribution < -0.4 is 0 Å². The Morgan fingerprint density at radius 3 is 1.75 bits per heavy atom. The van der Waals surface area contributed by atoms with Crippen LogP contribution in [0.5, 0.6) is 0 Å². The maximum absolute atomic E-state index is 12.8. The molecule has 3 rings (SSSR count). The van der Waals surface area contributed by atoms with Gasteiger partial charge >= 0.3 is 11.9 Å². The van der Waals surface area contributed by atoms with Crippen LogP contribution in [0.2, 0.25) is 0 Å². The molecule has 6 atom stereocenters. The van der Waals surface area contributed by atoms with Gasteiger partial charge in [0.25, 0.3) is 0 Å². The quantitative estimate of drug-likeness (QED) is 0.482. The molecule has 0 amide bonds. The minimum absolute atomic E-state index is 0.0582. The first-order valence-corrected chi connectivity index (χ1v) is 12.5. The van der Waals surface area contributed by atoms with Crippen LogP contribution in [0.25, 0.3) is 0 Å². The molecule has 2 fully saturated rings. The van der Waals surface area contributed by atoms with Crippen LogP contribution in [0.3, 0.4) is 0 Å². The number of aromatic nitrogens is 1. The summed E-state index contributed by atoms with van der Waals surface area (Å²) < 4.78 is 11.8. The molecule has 1 aromatic heterocycles. The van der Waals surface area contributed by atoms with Gasteiger partial charge in [0.1, 0.15) is 17.9 Å². The Bertz CT molecular complexity index is 707. The minimum atomic E-state index is -0.407. The van der Waals surface area contributed by atoms with Gasteiger partial charge < -0.3 is 9.47 Å². The molecule has 1 heterocycles. The number of rotatable bonds is 6. The zero-order chi connectivity index (χ0) is 23.4. The van der Waals surface area contributed by atoms with Gasteiger partial charge in [0.15, 0.2) is 0 Å². The Morgan fingerprint density at radius 2 is 1.31 bits per heavy atom. The minimum Gasteiger partial charge on any atom is -0.458 e. The molecular weight excluding hydrogens is 402 g/mol. The molecule has 2 aliphatic rings. The van der Waals surface area contributed by atoms with Crippen LogP contribution in [0.15, 0.2) is 18.3 Å². The Morgan fingerprint density at radius 1 is 0.812 bits per heavy atom. The van der Waals surface area contributed by atoms with Gasteiger partial charge in [0.05, 0.1) is 5.56 Å². The predicted octanol–water partition coefficient (Wildman–Crippen LogP) is 6.32. The van der Waals surface area contributed by atoms with Crippen LogP contribution in [0, 0.1) is 35.5 Å². The van der Waals surface area contributed by atoms with E-state index in [2.05, 4.69) is 46.5 Å². The second-order valence-electron chi connectivity index (χ2n) is 11.0. The Kier molecular flexibility index (Phi) is 8.35. The first-order valence-electron chi connectivity index (χ1n) is 12.5. The lowest BCUT2D eigenvalue weighted by Gasteiger charge is -2.36. The maximum atomic E-state index is 12.8. The molecule has 0 aliphatic heterocycles. The van der Waals surface area contributed by atoms with E-state index in [4.69, 9.17) is 9.47 Å². The average Bonchev–Trinajstić information content (AvgIpc) is 2.73. The fourth-order valence-electron chi connectivity index (χ4n) is 5.54. The molecule has 2 aliphatic carbocycles. The molecule has 5 nitrogen and oxygen atoms in total. The number of hydrogen-bond acceptors (Lipinski definition) is 5. The van der Waals surface area contributed by atoms with E-state index in [0.717, 1.165) is 25.7 Å². The summed E-state index contributed by atoms with van der Waals surface area (Å²) in [7, 11) is 0. The standard InChI is InChI=1S/C27H41NO4/c1-16(2)21-10-7-18(5)13-24(21)31-26(29)20-9-12-23(28-15-20)27(30)32-25-14-19(6)8-11-22(25)17(3)4/h9,12,15-19,21-22,24-25H,7-8,10-11,13-14H2,1-6H3/t18-,19+,21+,22+,24+,25+/m0/s1. The highest BCUT2D eigenvalue weighted by Gasteiger charge is 2.35. The second-order valence-corrected chi connectivity index (χ2v) is 11.0. The Hall–Kier alpha value is -1.91. The highest BCUT2D eigenvalue weighted by atomic mass is 16.5. The number of carbonyl (C=O) groups is 2. The summed E-state index contributed by atoms with van der Waals surface area (Å²) in [6, 6.07) is 3.21. The lowest BCUT2D eigenvalue weighted by atomic mass is 9.75. The molecular formula is C27H41NO4. The number of carbonyl (C=O) groups excluding carboxylic acids is 2. The van der Waals surface area contributed by atoms with Crippen molar-refractivity contribution < 1.29 is 19.1 Å². The van der Waals surface area contributed by atoms with E-state index in [1.54, 1.807) is 12.1 Å². The van der Waals surface area contributed by atoms with E-state index in [-0.39, 0.29) is 23.9 Å². The highest BCUT2D eigenvalue weighted by molar-refractivity contribution is 5.91. The molecule has 0 spiro atoms. The number of hydrogen-bond donors (Lipinski definition) is 0. The summed E-state index contributed by atoms with van der Waals surface area (Å²) in [5.41, 5.74) is 0.627. The van der Waals surface area contributed by atoms with Crippen molar-refractivity contribution in [2.75, 3.05) is 0 Å². The molecule has 1 aromatic rings. The van der Waals surface area contributed by atoms with Crippen molar-refractivity contribution in [2.45, 2.75) is 92.3 Å². The number of pyridine rings is 1. The fraction of sp³-hybridized carbons (Fsp3) is 0.741. The van der Waals surface area contributed by atoms with Crippen LogP contribution in [0.4, 0.5) is 0 Å². The van der Waals surface area contributed by atoms with Gasteiger partial charge in [-0.2, -0.15) is 0 Å². The first kappa shape index (κ1) is 24.7. The molecule has 0 unspecified atom stereocenters. The van der Waals surface area contributed by atoms with Gasteiger partial charge in [-0.15, -0.1) is 0 Å². The summed E-state index contributed by atoms with van der Waals surface area (Å²) >= 11 is 0. The van der Waals surface area contributed by atoms with Gasteiger partial charge in [-0.05, 0) is 73.3 Å². The summed E-state index contributed by atoms with van der Waals surface area (Å²) in [6.45, 7) is 13.2. The van der Waals surface area contributed by atoms with E-state index >= 15 is 0 Å². The van der Waals surface area contributed by atoms with Crippen molar-refractivity contribution in [2.24, 2.45) is 35.5 Å². The summed E-state index contributed by atoms with van der Waals surface area (Å²) in [5.74, 6) is 2.09. The van der Waals surface area contributed by atoms with Crippen molar-refractivity contribution >= 4 is 11.9 Å². The van der Waals surface area contributed by atoms with Gasteiger partial charge in [-0.1, -0.05) is 54.4 Å². The van der Waals surface area contributed by atoms with E-state index in [9.17, 15) is 9.59 Å². The van der Waals surface area contributed by atoms with E-state index in [1.165, 1.54) is 19.0 Å². The maximum Gasteiger partial charge on any atom is 0.357 e. The molecule has 0 aromatic carbocycles. The third-order valence-corrected chi connectivity index (χ3v) is 7.65. The van der Waals surface area contributed by atoms with Crippen LogP contribution in [-0.2, 0) is 9.47 Å². The normalized spacial score (nSPS) is 30.9. The molecule has 178 valence electrons. The molecule has 0 bridgehead atoms. The zero-order valence-corrected chi connectivity index (χ0v) is 20.7. The van der Waals surface area contributed by atoms with Crippen LogP contribution in [-0.4, -0.2) is 29.1 Å². The lowest BCUT2D eigenvalue weighted by molar-refractivity contribution is -0.0189. The van der Waals surface area contributed by atoms with Gasteiger partial charge in [0.2, 0.25) is 0 Å². The predicted molar refractivity (Wildman–Crippen MR) is 125 cm³/mol. The summed E-state index contributed by atoms with van der Waals surface area (Å²) in [5, 5.41) is 0. The van der Waals surface area contributed by atoms with Crippen LogP contribution in [0.1, 0.15) is 101 Å². The number of nitrogens with zero attached hydrogens (tertiary/aromatic N) is 1. The second kappa shape index (κ2) is 10.8. The number of esters is 2. The lowest BCUT2D eigenvalue weighted by Crippen LogP contribution is -2.36. The van der Waals surface area contributed by atoms with Gasteiger partial charge in [0, 0.05) is 6.20 Å². The molecule has 2 saturated carbocycles. The first-order chi connectivity index (χ1) is 15.2. The third-order valence-electron chi connectivity index (χ3n) is 7.65. The molecule has 32 heavy (non-hydrogen) atoms. The zero-order valence-electron chi connectivity index (χ0n) is 20.7.